The minimum absolute atomic E-state index is 0.637. The van der Waals surface area contributed by atoms with Crippen LogP contribution in [0.1, 0.15) is 66.2 Å². The second-order valence-electron chi connectivity index (χ2n) is 6.06. The standard InChI is InChI=1S/C15H32N2/c1-5-15(12(2)3)17-13(4)11-14-9-7-6-8-10-16-14/h12-17H,5-11H2,1-4H3. The molecule has 102 valence electrons. The van der Waals surface area contributed by atoms with Gasteiger partial charge in [-0.3, -0.25) is 0 Å². The van der Waals surface area contributed by atoms with Gasteiger partial charge in [-0.2, -0.15) is 0 Å². The summed E-state index contributed by atoms with van der Waals surface area (Å²) in [5, 5.41) is 7.49. The average molecular weight is 240 g/mol. The summed E-state index contributed by atoms with van der Waals surface area (Å²) in [6.07, 6.45) is 8.07. The molecule has 0 amide bonds. The van der Waals surface area contributed by atoms with E-state index in [1.807, 2.05) is 0 Å². The first kappa shape index (κ1) is 15.0. The Kier molecular flexibility index (Phi) is 7.14. The Bertz CT molecular complexity index is 183. The van der Waals surface area contributed by atoms with Crippen molar-refractivity contribution >= 4 is 0 Å². The van der Waals surface area contributed by atoms with Crippen LogP contribution in [-0.2, 0) is 0 Å². The van der Waals surface area contributed by atoms with E-state index in [0.29, 0.717) is 12.1 Å². The number of hydrogen-bond donors (Lipinski definition) is 2. The summed E-state index contributed by atoms with van der Waals surface area (Å²) in [4.78, 5) is 0. The summed E-state index contributed by atoms with van der Waals surface area (Å²) < 4.78 is 0. The normalized spacial score (nSPS) is 25.6. The highest BCUT2D eigenvalue weighted by Crippen LogP contribution is 2.14. The maximum absolute atomic E-state index is 3.79. The van der Waals surface area contributed by atoms with Crippen molar-refractivity contribution in [3.63, 3.8) is 0 Å². The molecule has 1 fully saturated rings. The van der Waals surface area contributed by atoms with Crippen LogP contribution in [0.25, 0.3) is 0 Å². The van der Waals surface area contributed by atoms with Crippen LogP contribution in [0, 0.1) is 5.92 Å². The minimum Gasteiger partial charge on any atom is -0.314 e. The highest BCUT2D eigenvalue weighted by Gasteiger charge is 2.18. The van der Waals surface area contributed by atoms with Crippen LogP contribution in [0.5, 0.6) is 0 Å². The van der Waals surface area contributed by atoms with Crippen LogP contribution in [0.3, 0.4) is 0 Å². The molecule has 2 heteroatoms. The Labute approximate surface area is 108 Å². The number of hydrogen-bond acceptors (Lipinski definition) is 2. The van der Waals surface area contributed by atoms with Gasteiger partial charge in [-0.25, -0.2) is 0 Å². The van der Waals surface area contributed by atoms with Gasteiger partial charge in [-0.15, -0.1) is 0 Å². The quantitative estimate of drug-likeness (QED) is 0.744. The second-order valence-corrected chi connectivity index (χ2v) is 6.06. The van der Waals surface area contributed by atoms with Gasteiger partial charge >= 0.3 is 0 Å². The monoisotopic (exact) mass is 240 g/mol. The van der Waals surface area contributed by atoms with Crippen molar-refractivity contribution in [3.05, 3.63) is 0 Å². The van der Waals surface area contributed by atoms with Crippen LogP contribution in [0.15, 0.2) is 0 Å². The lowest BCUT2D eigenvalue weighted by atomic mass is 9.98. The van der Waals surface area contributed by atoms with Gasteiger partial charge in [0.15, 0.2) is 0 Å². The van der Waals surface area contributed by atoms with Gasteiger partial charge in [0, 0.05) is 18.1 Å². The molecule has 1 aliphatic rings. The molecule has 3 unspecified atom stereocenters. The molecule has 1 saturated heterocycles. The van der Waals surface area contributed by atoms with Gasteiger partial charge < -0.3 is 10.6 Å². The van der Waals surface area contributed by atoms with Gasteiger partial charge in [-0.1, -0.05) is 33.6 Å². The number of rotatable bonds is 6. The van der Waals surface area contributed by atoms with E-state index < -0.39 is 0 Å². The van der Waals surface area contributed by atoms with Gasteiger partial charge in [-0.05, 0) is 45.1 Å². The summed E-state index contributed by atoms with van der Waals surface area (Å²) in [7, 11) is 0. The highest BCUT2D eigenvalue weighted by molar-refractivity contribution is 4.79. The van der Waals surface area contributed by atoms with Crippen molar-refractivity contribution in [2.45, 2.75) is 84.3 Å². The summed E-state index contributed by atoms with van der Waals surface area (Å²) in [6.45, 7) is 10.5. The Morgan fingerprint density at radius 3 is 2.59 bits per heavy atom. The molecule has 0 radical (unpaired) electrons. The van der Waals surface area contributed by atoms with Crippen LogP contribution >= 0.6 is 0 Å². The van der Waals surface area contributed by atoms with Crippen molar-refractivity contribution in [1.29, 1.82) is 0 Å². The molecule has 3 atom stereocenters. The molecule has 0 aliphatic carbocycles. The lowest BCUT2D eigenvalue weighted by molar-refractivity contribution is 0.319. The van der Waals surface area contributed by atoms with E-state index in [4.69, 9.17) is 0 Å². The maximum atomic E-state index is 3.79. The lowest BCUT2D eigenvalue weighted by Crippen LogP contribution is -2.43. The zero-order valence-corrected chi connectivity index (χ0v) is 12.3. The highest BCUT2D eigenvalue weighted by atomic mass is 15.0. The van der Waals surface area contributed by atoms with Crippen molar-refractivity contribution in [2.24, 2.45) is 5.92 Å². The molecule has 17 heavy (non-hydrogen) atoms. The molecule has 0 bridgehead atoms. The summed E-state index contributed by atoms with van der Waals surface area (Å²) >= 11 is 0. The van der Waals surface area contributed by atoms with E-state index in [0.717, 1.165) is 12.0 Å². The van der Waals surface area contributed by atoms with E-state index in [1.54, 1.807) is 0 Å². The Morgan fingerprint density at radius 1 is 1.18 bits per heavy atom. The minimum atomic E-state index is 0.637. The molecule has 0 spiro atoms. The molecular formula is C15H32N2. The smallest absolute Gasteiger partial charge is 0.00899 e. The fourth-order valence-corrected chi connectivity index (χ4v) is 2.94. The van der Waals surface area contributed by atoms with E-state index in [2.05, 4.69) is 38.3 Å². The van der Waals surface area contributed by atoms with Crippen molar-refractivity contribution in [3.8, 4) is 0 Å². The van der Waals surface area contributed by atoms with Crippen molar-refractivity contribution in [2.75, 3.05) is 6.54 Å². The predicted octanol–water partition coefficient (Wildman–Crippen LogP) is 3.32. The Hall–Kier alpha value is -0.0800. The molecule has 0 aromatic carbocycles. The van der Waals surface area contributed by atoms with E-state index in [-0.39, 0.29) is 0 Å². The molecule has 1 heterocycles. The molecule has 1 rings (SSSR count). The molecule has 0 saturated carbocycles. The summed E-state index contributed by atoms with van der Waals surface area (Å²) in [6, 6.07) is 2.05. The maximum Gasteiger partial charge on any atom is 0.00899 e. The first-order chi connectivity index (χ1) is 8.13. The van der Waals surface area contributed by atoms with Gasteiger partial charge in [0.2, 0.25) is 0 Å². The zero-order chi connectivity index (χ0) is 12.7. The Morgan fingerprint density at radius 2 is 1.94 bits per heavy atom. The summed E-state index contributed by atoms with van der Waals surface area (Å²) in [5.41, 5.74) is 0. The van der Waals surface area contributed by atoms with Crippen LogP contribution in [0.4, 0.5) is 0 Å². The predicted molar refractivity (Wildman–Crippen MR) is 76.4 cm³/mol. The van der Waals surface area contributed by atoms with Gasteiger partial charge in [0.25, 0.3) is 0 Å². The molecular weight excluding hydrogens is 208 g/mol. The third-order valence-corrected chi connectivity index (χ3v) is 4.04. The third kappa shape index (κ3) is 5.87. The molecule has 0 aromatic rings. The fraction of sp³-hybridized carbons (Fsp3) is 1.00. The molecule has 0 aromatic heterocycles. The molecule has 2 nitrogen and oxygen atoms in total. The molecule has 1 aliphatic heterocycles. The lowest BCUT2D eigenvalue weighted by Gasteiger charge is -2.28. The Balaban J connectivity index is 2.29. The van der Waals surface area contributed by atoms with Crippen LogP contribution < -0.4 is 10.6 Å². The van der Waals surface area contributed by atoms with E-state index in [1.165, 1.54) is 45.1 Å². The topological polar surface area (TPSA) is 24.1 Å². The van der Waals surface area contributed by atoms with Crippen LogP contribution in [0.2, 0.25) is 0 Å². The SMILES string of the molecule is CCC(NC(C)CC1CCCCCN1)C(C)C. The van der Waals surface area contributed by atoms with Gasteiger partial charge in [0.1, 0.15) is 0 Å². The first-order valence-corrected chi connectivity index (χ1v) is 7.63. The second kappa shape index (κ2) is 8.10. The van der Waals surface area contributed by atoms with Crippen molar-refractivity contribution < 1.29 is 0 Å². The summed E-state index contributed by atoms with van der Waals surface area (Å²) in [5.74, 6) is 0.740. The average Bonchev–Trinajstić information content (AvgIpc) is 2.54. The third-order valence-electron chi connectivity index (χ3n) is 4.04. The first-order valence-electron chi connectivity index (χ1n) is 7.63. The largest absolute Gasteiger partial charge is 0.314 e. The zero-order valence-electron chi connectivity index (χ0n) is 12.3. The van der Waals surface area contributed by atoms with E-state index >= 15 is 0 Å². The van der Waals surface area contributed by atoms with Crippen LogP contribution in [-0.4, -0.2) is 24.7 Å². The van der Waals surface area contributed by atoms with E-state index in [9.17, 15) is 0 Å². The fourth-order valence-electron chi connectivity index (χ4n) is 2.94. The van der Waals surface area contributed by atoms with Gasteiger partial charge in [0.05, 0.1) is 0 Å². The molecule has 2 N–H and O–H groups in total. The number of nitrogens with one attached hydrogen (secondary N) is 2. The van der Waals surface area contributed by atoms with Crippen molar-refractivity contribution in [1.82, 2.24) is 10.6 Å².